The van der Waals surface area contributed by atoms with Gasteiger partial charge in [-0.15, -0.1) is 0 Å². The minimum atomic E-state index is -0.215. The number of benzene rings is 1. The summed E-state index contributed by atoms with van der Waals surface area (Å²) in [7, 11) is 1.80. The zero-order chi connectivity index (χ0) is 14.7. The van der Waals surface area contributed by atoms with E-state index in [1.807, 2.05) is 30.3 Å². The monoisotopic (exact) mass is 281 g/mol. The van der Waals surface area contributed by atoms with Gasteiger partial charge in [0.25, 0.3) is 5.91 Å². The SMILES string of the molecule is Cn1ccc(NC(=O)c2cnn(Cc3ccccc3)c2)n1. The van der Waals surface area contributed by atoms with E-state index in [4.69, 9.17) is 0 Å². The highest BCUT2D eigenvalue weighted by molar-refractivity contribution is 6.03. The number of hydrogen-bond donors (Lipinski definition) is 1. The fourth-order valence-electron chi connectivity index (χ4n) is 2.01. The second kappa shape index (κ2) is 5.62. The Labute approximate surface area is 122 Å². The molecular weight excluding hydrogens is 266 g/mol. The summed E-state index contributed by atoms with van der Waals surface area (Å²) >= 11 is 0. The average Bonchev–Trinajstić information content (AvgIpc) is 3.09. The van der Waals surface area contributed by atoms with Crippen molar-refractivity contribution in [3.63, 3.8) is 0 Å². The molecular formula is C15H15N5O. The van der Waals surface area contributed by atoms with Gasteiger partial charge in [-0.05, 0) is 5.56 Å². The van der Waals surface area contributed by atoms with Crippen molar-refractivity contribution in [1.29, 1.82) is 0 Å². The van der Waals surface area contributed by atoms with Crippen molar-refractivity contribution in [3.05, 3.63) is 66.1 Å². The van der Waals surface area contributed by atoms with Crippen LogP contribution in [0.2, 0.25) is 0 Å². The Morgan fingerprint density at radius 2 is 2.05 bits per heavy atom. The van der Waals surface area contributed by atoms with Gasteiger partial charge in [0.15, 0.2) is 5.82 Å². The van der Waals surface area contributed by atoms with Crippen LogP contribution in [0.15, 0.2) is 55.0 Å². The second-order valence-corrected chi connectivity index (χ2v) is 4.74. The van der Waals surface area contributed by atoms with Gasteiger partial charge in [-0.3, -0.25) is 14.2 Å². The van der Waals surface area contributed by atoms with Crippen LogP contribution in [0.3, 0.4) is 0 Å². The number of anilines is 1. The highest BCUT2D eigenvalue weighted by Gasteiger charge is 2.10. The highest BCUT2D eigenvalue weighted by Crippen LogP contribution is 2.07. The van der Waals surface area contributed by atoms with Gasteiger partial charge in [-0.1, -0.05) is 30.3 Å². The van der Waals surface area contributed by atoms with Gasteiger partial charge in [-0.25, -0.2) is 0 Å². The van der Waals surface area contributed by atoms with Gasteiger partial charge < -0.3 is 5.32 Å². The Hall–Kier alpha value is -2.89. The number of amides is 1. The normalized spacial score (nSPS) is 10.5. The molecule has 106 valence electrons. The van der Waals surface area contributed by atoms with Gasteiger partial charge in [0, 0.05) is 25.5 Å². The number of aryl methyl sites for hydroxylation is 1. The van der Waals surface area contributed by atoms with E-state index in [1.165, 1.54) is 0 Å². The molecule has 2 heterocycles. The fraction of sp³-hybridized carbons (Fsp3) is 0.133. The van der Waals surface area contributed by atoms with Crippen molar-refractivity contribution in [3.8, 4) is 0 Å². The third-order valence-corrected chi connectivity index (χ3v) is 3.04. The molecule has 0 bridgehead atoms. The number of nitrogens with one attached hydrogen (secondary N) is 1. The summed E-state index contributed by atoms with van der Waals surface area (Å²) in [5.74, 6) is 0.311. The molecule has 0 aliphatic carbocycles. The van der Waals surface area contributed by atoms with E-state index in [-0.39, 0.29) is 5.91 Å². The van der Waals surface area contributed by atoms with Gasteiger partial charge in [0.1, 0.15) is 0 Å². The Morgan fingerprint density at radius 3 is 2.76 bits per heavy atom. The van der Waals surface area contributed by atoms with Gasteiger partial charge in [0.05, 0.1) is 18.3 Å². The summed E-state index contributed by atoms with van der Waals surface area (Å²) in [6.45, 7) is 0.637. The Morgan fingerprint density at radius 1 is 1.24 bits per heavy atom. The predicted octanol–water partition coefficient (Wildman–Crippen LogP) is 1.92. The first kappa shape index (κ1) is 13.1. The van der Waals surface area contributed by atoms with E-state index in [2.05, 4.69) is 15.5 Å². The third kappa shape index (κ3) is 3.17. The molecule has 0 aliphatic rings. The molecule has 0 radical (unpaired) electrons. The molecule has 0 aliphatic heterocycles. The first-order valence-corrected chi connectivity index (χ1v) is 6.58. The third-order valence-electron chi connectivity index (χ3n) is 3.04. The maximum atomic E-state index is 12.1. The number of aromatic nitrogens is 4. The molecule has 0 atom stereocenters. The zero-order valence-corrected chi connectivity index (χ0v) is 11.6. The predicted molar refractivity (Wildman–Crippen MR) is 78.9 cm³/mol. The number of nitrogens with zero attached hydrogens (tertiary/aromatic N) is 4. The quantitative estimate of drug-likeness (QED) is 0.794. The van der Waals surface area contributed by atoms with Crippen molar-refractivity contribution in [2.24, 2.45) is 7.05 Å². The van der Waals surface area contributed by atoms with Crippen LogP contribution in [0.25, 0.3) is 0 Å². The van der Waals surface area contributed by atoms with E-state index in [0.717, 1.165) is 5.56 Å². The summed E-state index contributed by atoms with van der Waals surface area (Å²) in [6.07, 6.45) is 5.06. The van der Waals surface area contributed by atoms with Gasteiger partial charge in [0.2, 0.25) is 0 Å². The van der Waals surface area contributed by atoms with Crippen LogP contribution in [0, 0.1) is 0 Å². The maximum absolute atomic E-state index is 12.1. The van der Waals surface area contributed by atoms with Crippen LogP contribution in [-0.2, 0) is 13.6 Å². The van der Waals surface area contributed by atoms with Crippen LogP contribution in [0.4, 0.5) is 5.82 Å². The molecule has 1 aromatic carbocycles. The average molecular weight is 281 g/mol. The summed E-state index contributed by atoms with van der Waals surface area (Å²) < 4.78 is 3.37. The molecule has 3 rings (SSSR count). The number of rotatable bonds is 4. The van der Waals surface area contributed by atoms with E-state index >= 15 is 0 Å². The molecule has 6 nitrogen and oxygen atoms in total. The van der Waals surface area contributed by atoms with E-state index < -0.39 is 0 Å². The minimum Gasteiger partial charge on any atom is -0.305 e. The lowest BCUT2D eigenvalue weighted by molar-refractivity contribution is 0.102. The molecule has 0 saturated carbocycles. The van der Waals surface area contributed by atoms with Crippen molar-refractivity contribution >= 4 is 11.7 Å². The van der Waals surface area contributed by atoms with Crippen LogP contribution in [-0.4, -0.2) is 25.5 Å². The van der Waals surface area contributed by atoms with Crippen molar-refractivity contribution in [2.75, 3.05) is 5.32 Å². The summed E-state index contributed by atoms with van der Waals surface area (Å²) in [5, 5.41) is 11.0. The van der Waals surface area contributed by atoms with Crippen LogP contribution in [0.1, 0.15) is 15.9 Å². The zero-order valence-electron chi connectivity index (χ0n) is 11.6. The summed E-state index contributed by atoms with van der Waals surface area (Å²) in [6, 6.07) is 11.7. The first-order valence-electron chi connectivity index (χ1n) is 6.58. The summed E-state index contributed by atoms with van der Waals surface area (Å²) in [4.78, 5) is 12.1. The van der Waals surface area contributed by atoms with E-state index in [9.17, 15) is 4.79 Å². The standard InChI is InChI=1S/C15H15N5O/c1-19-8-7-14(18-19)17-15(21)13-9-16-20(11-13)10-12-5-3-2-4-6-12/h2-9,11H,10H2,1H3,(H,17,18,21). The molecule has 2 aromatic heterocycles. The summed E-state index contributed by atoms with van der Waals surface area (Å²) in [5.41, 5.74) is 1.65. The lowest BCUT2D eigenvalue weighted by atomic mass is 10.2. The van der Waals surface area contributed by atoms with Crippen LogP contribution >= 0.6 is 0 Å². The van der Waals surface area contributed by atoms with Crippen molar-refractivity contribution in [1.82, 2.24) is 19.6 Å². The molecule has 0 unspecified atom stereocenters. The lowest BCUT2D eigenvalue weighted by Gasteiger charge is -2.01. The van der Waals surface area contributed by atoms with Crippen LogP contribution < -0.4 is 5.32 Å². The molecule has 3 aromatic rings. The van der Waals surface area contributed by atoms with E-state index in [1.54, 1.807) is 41.1 Å². The molecule has 6 heteroatoms. The largest absolute Gasteiger partial charge is 0.305 e. The maximum Gasteiger partial charge on any atom is 0.260 e. The fourth-order valence-corrected chi connectivity index (χ4v) is 2.01. The van der Waals surface area contributed by atoms with Gasteiger partial charge >= 0.3 is 0 Å². The number of carbonyl (C=O) groups is 1. The number of hydrogen-bond acceptors (Lipinski definition) is 3. The highest BCUT2D eigenvalue weighted by atomic mass is 16.1. The van der Waals surface area contributed by atoms with E-state index in [0.29, 0.717) is 17.9 Å². The Kier molecular flexibility index (Phi) is 3.51. The molecule has 1 N–H and O–H groups in total. The smallest absolute Gasteiger partial charge is 0.260 e. The Balaban J connectivity index is 1.68. The Bertz CT molecular complexity index is 744. The minimum absolute atomic E-state index is 0.215. The number of carbonyl (C=O) groups excluding carboxylic acids is 1. The van der Waals surface area contributed by atoms with Crippen molar-refractivity contribution < 1.29 is 4.79 Å². The topological polar surface area (TPSA) is 64.7 Å². The molecule has 1 amide bonds. The molecule has 21 heavy (non-hydrogen) atoms. The second-order valence-electron chi connectivity index (χ2n) is 4.74. The first-order chi connectivity index (χ1) is 10.2. The van der Waals surface area contributed by atoms with Crippen LogP contribution in [0.5, 0.6) is 0 Å². The lowest BCUT2D eigenvalue weighted by Crippen LogP contribution is -2.12. The van der Waals surface area contributed by atoms with Crippen molar-refractivity contribution in [2.45, 2.75) is 6.54 Å². The molecule has 0 spiro atoms. The molecule has 0 fully saturated rings. The molecule has 0 saturated heterocycles. The van der Waals surface area contributed by atoms with Gasteiger partial charge in [-0.2, -0.15) is 10.2 Å².